The molecule has 0 aliphatic carbocycles. The first kappa shape index (κ1) is 17.5. The quantitative estimate of drug-likeness (QED) is 0.567. The number of hydrogen-bond donors (Lipinski definition) is 1. The van der Waals surface area contributed by atoms with E-state index in [4.69, 9.17) is 4.42 Å². The minimum absolute atomic E-state index is 0.143. The summed E-state index contributed by atoms with van der Waals surface area (Å²) in [5.74, 6) is 0.968. The van der Waals surface area contributed by atoms with Gasteiger partial charge in [0.25, 0.3) is 0 Å². The lowest BCUT2D eigenvalue weighted by atomic mass is 9.89. The molecule has 0 aliphatic heterocycles. The van der Waals surface area contributed by atoms with Crippen molar-refractivity contribution in [3.05, 3.63) is 47.5 Å². The molecular formula is C19H30NO+. The van der Waals surface area contributed by atoms with Crippen molar-refractivity contribution >= 4 is 6.21 Å². The molecule has 0 fully saturated rings. The first-order chi connectivity index (χ1) is 9.89. The maximum Gasteiger partial charge on any atom is 0.198 e. The van der Waals surface area contributed by atoms with E-state index in [9.17, 15) is 0 Å². The molecule has 0 atom stereocenters. The van der Waals surface area contributed by atoms with Crippen LogP contribution in [0.1, 0.15) is 59.6 Å². The molecule has 0 spiro atoms. The minimum atomic E-state index is 0.143. The molecule has 0 amide bonds. The van der Waals surface area contributed by atoms with Gasteiger partial charge in [0.1, 0.15) is 6.21 Å². The van der Waals surface area contributed by atoms with Gasteiger partial charge in [0, 0.05) is 5.41 Å². The van der Waals surface area contributed by atoms with Crippen molar-refractivity contribution in [1.29, 1.82) is 0 Å². The van der Waals surface area contributed by atoms with Gasteiger partial charge in [-0.15, -0.1) is 0 Å². The summed E-state index contributed by atoms with van der Waals surface area (Å²) in [5, 5.41) is 0. The SMILES string of the molecule is CC(C)=CCC/C(C)=C/CC(C)(C)C=[NH+]Cc1ccco1. The van der Waals surface area contributed by atoms with Gasteiger partial charge in [-0.05, 0) is 52.2 Å². The molecule has 1 aromatic heterocycles. The molecule has 1 aromatic rings. The van der Waals surface area contributed by atoms with Crippen LogP contribution in [0.25, 0.3) is 0 Å². The molecule has 21 heavy (non-hydrogen) atoms. The molecule has 2 nitrogen and oxygen atoms in total. The first-order valence-corrected chi connectivity index (χ1v) is 7.78. The van der Waals surface area contributed by atoms with E-state index in [1.165, 1.54) is 11.1 Å². The minimum Gasteiger partial charge on any atom is -0.463 e. The Hall–Kier alpha value is -1.57. The first-order valence-electron chi connectivity index (χ1n) is 7.78. The van der Waals surface area contributed by atoms with Gasteiger partial charge < -0.3 is 4.42 Å². The Morgan fingerprint density at radius 3 is 2.62 bits per heavy atom. The lowest BCUT2D eigenvalue weighted by molar-refractivity contribution is -0.476. The normalized spacial score (nSPS) is 12.9. The summed E-state index contributed by atoms with van der Waals surface area (Å²) in [6, 6.07) is 3.90. The molecule has 0 aliphatic rings. The van der Waals surface area contributed by atoms with E-state index in [1.807, 2.05) is 12.1 Å². The van der Waals surface area contributed by atoms with Crippen LogP contribution in [0, 0.1) is 5.41 Å². The number of nitrogens with one attached hydrogen (secondary N) is 1. The van der Waals surface area contributed by atoms with Gasteiger partial charge in [0.15, 0.2) is 12.3 Å². The Morgan fingerprint density at radius 2 is 2.00 bits per heavy atom. The summed E-state index contributed by atoms with van der Waals surface area (Å²) in [6.45, 7) is 11.8. The molecule has 1 N–H and O–H groups in total. The van der Waals surface area contributed by atoms with Gasteiger partial charge in [0.05, 0.1) is 6.26 Å². The number of furan rings is 1. The van der Waals surface area contributed by atoms with Crippen LogP contribution in [0.3, 0.4) is 0 Å². The summed E-state index contributed by atoms with van der Waals surface area (Å²) in [5.41, 5.74) is 3.02. The summed E-state index contributed by atoms with van der Waals surface area (Å²) in [6.07, 6.45) is 11.9. The van der Waals surface area contributed by atoms with Gasteiger partial charge in [0.2, 0.25) is 0 Å². The average Bonchev–Trinajstić information content (AvgIpc) is 2.89. The van der Waals surface area contributed by atoms with Crippen molar-refractivity contribution in [2.45, 2.75) is 60.4 Å². The van der Waals surface area contributed by atoms with Crippen molar-refractivity contribution in [2.24, 2.45) is 5.41 Å². The molecule has 0 unspecified atom stereocenters. The van der Waals surface area contributed by atoms with Crippen molar-refractivity contribution in [1.82, 2.24) is 0 Å². The highest BCUT2D eigenvalue weighted by Gasteiger charge is 2.16. The monoisotopic (exact) mass is 288 g/mol. The van der Waals surface area contributed by atoms with Crippen LogP contribution in [-0.2, 0) is 6.54 Å². The van der Waals surface area contributed by atoms with Crippen LogP contribution in [0.4, 0.5) is 0 Å². The van der Waals surface area contributed by atoms with E-state index >= 15 is 0 Å². The van der Waals surface area contributed by atoms with Crippen molar-refractivity contribution in [3.63, 3.8) is 0 Å². The van der Waals surface area contributed by atoms with Crippen LogP contribution in [-0.4, -0.2) is 6.21 Å². The maximum absolute atomic E-state index is 5.31. The van der Waals surface area contributed by atoms with Gasteiger partial charge >= 0.3 is 0 Å². The molecule has 0 saturated heterocycles. The van der Waals surface area contributed by atoms with Crippen molar-refractivity contribution < 1.29 is 9.41 Å². The lowest BCUT2D eigenvalue weighted by Crippen LogP contribution is -2.69. The highest BCUT2D eigenvalue weighted by atomic mass is 16.3. The smallest absolute Gasteiger partial charge is 0.198 e. The zero-order valence-electron chi connectivity index (χ0n) is 14.2. The fourth-order valence-corrected chi connectivity index (χ4v) is 2.03. The second kappa shape index (κ2) is 8.66. The van der Waals surface area contributed by atoms with E-state index in [2.05, 4.69) is 58.0 Å². The van der Waals surface area contributed by atoms with Crippen molar-refractivity contribution in [2.75, 3.05) is 0 Å². The molecule has 0 aromatic carbocycles. The topological polar surface area (TPSA) is 27.1 Å². The Morgan fingerprint density at radius 1 is 1.24 bits per heavy atom. The van der Waals surface area contributed by atoms with Crippen LogP contribution in [0.5, 0.6) is 0 Å². The molecule has 0 bridgehead atoms. The molecule has 2 heteroatoms. The molecule has 0 saturated carbocycles. The Balaban J connectivity index is 2.40. The Kier molecular flexibility index (Phi) is 7.21. The number of allylic oxidation sites excluding steroid dienone is 4. The third kappa shape index (κ3) is 8.34. The van der Waals surface area contributed by atoms with Gasteiger partial charge in [-0.3, -0.25) is 0 Å². The average molecular weight is 288 g/mol. The van der Waals surface area contributed by atoms with E-state index in [-0.39, 0.29) is 5.41 Å². The molecule has 1 rings (SSSR count). The Labute approximate surface area is 129 Å². The van der Waals surface area contributed by atoms with Crippen LogP contribution < -0.4 is 4.99 Å². The summed E-state index contributed by atoms with van der Waals surface area (Å²) in [4.78, 5) is 3.35. The predicted octanol–water partition coefficient (Wildman–Crippen LogP) is 4.04. The predicted molar refractivity (Wildman–Crippen MR) is 90.3 cm³/mol. The number of hydrogen-bond acceptors (Lipinski definition) is 1. The third-order valence-corrected chi connectivity index (χ3v) is 3.42. The summed E-state index contributed by atoms with van der Waals surface area (Å²) >= 11 is 0. The van der Waals surface area contributed by atoms with E-state index in [0.717, 1.165) is 31.6 Å². The van der Waals surface area contributed by atoms with Gasteiger partial charge in [-0.2, -0.15) is 0 Å². The largest absolute Gasteiger partial charge is 0.463 e. The standard InChI is InChI=1S/C19H29NO/c1-16(2)8-6-9-17(3)11-12-19(4,5)15-20-14-18-10-7-13-21-18/h7-8,10-11,13,15H,6,9,12,14H2,1-5H3/p+1/b17-11+,20-15?. The van der Waals surface area contributed by atoms with Crippen LogP contribution in [0.2, 0.25) is 0 Å². The van der Waals surface area contributed by atoms with E-state index < -0.39 is 0 Å². The zero-order valence-corrected chi connectivity index (χ0v) is 14.2. The second-order valence-electron chi connectivity index (χ2n) is 6.67. The highest BCUT2D eigenvalue weighted by Crippen LogP contribution is 2.19. The molecule has 0 radical (unpaired) electrons. The van der Waals surface area contributed by atoms with E-state index in [1.54, 1.807) is 6.26 Å². The fraction of sp³-hybridized carbons (Fsp3) is 0.526. The lowest BCUT2D eigenvalue weighted by Gasteiger charge is -2.13. The second-order valence-corrected chi connectivity index (χ2v) is 6.67. The van der Waals surface area contributed by atoms with Crippen LogP contribution in [0.15, 0.2) is 46.1 Å². The maximum atomic E-state index is 5.31. The zero-order chi connectivity index (χ0) is 15.7. The fourth-order valence-electron chi connectivity index (χ4n) is 2.03. The summed E-state index contributed by atoms with van der Waals surface area (Å²) < 4.78 is 5.31. The summed E-state index contributed by atoms with van der Waals surface area (Å²) in [7, 11) is 0. The van der Waals surface area contributed by atoms with Gasteiger partial charge in [-0.25, -0.2) is 4.99 Å². The van der Waals surface area contributed by atoms with Gasteiger partial charge in [-0.1, -0.05) is 37.1 Å². The third-order valence-electron chi connectivity index (χ3n) is 3.42. The molecule has 1 heterocycles. The van der Waals surface area contributed by atoms with E-state index in [0.29, 0.717) is 0 Å². The molecular weight excluding hydrogens is 258 g/mol. The van der Waals surface area contributed by atoms with Crippen molar-refractivity contribution in [3.8, 4) is 0 Å². The molecule has 116 valence electrons. The number of rotatable bonds is 8. The van der Waals surface area contributed by atoms with Crippen LogP contribution >= 0.6 is 0 Å². The Bertz CT molecular complexity index is 486. The highest BCUT2D eigenvalue weighted by molar-refractivity contribution is 5.58.